The second kappa shape index (κ2) is 15.3. The smallest absolute Gasteiger partial charge is 0.247 e. The van der Waals surface area contributed by atoms with E-state index in [2.05, 4.69) is 5.32 Å². The van der Waals surface area contributed by atoms with Crippen LogP contribution in [-0.2, 0) is 29.0 Å². The predicted molar refractivity (Wildman–Crippen MR) is 166 cm³/mol. The fourth-order valence-corrected chi connectivity index (χ4v) is 4.84. The van der Waals surface area contributed by atoms with E-state index in [4.69, 9.17) is 18.9 Å². The van der Waals surface area contributed by atoms with E-state index in [-0.39, 0.29) is 24.8 Å². The molecule has 0 bridgehead atoms. The molecule has 8 heteroatoms. The average Bonchev–Trinajstić information content (AvgIpc) is 3.05. The topological polar surface area (TPSA) is 86.3 Å². The maximum absolute atomic E-state index is 14.1. The summed E-state index contributed by atoms with van der Waals surface area (Å²) in [7, 11) is 6.36. The molecule has 0 aliphatic rings. The van der Waals surface area contributed by atoms with Gasteiger partial charge in [0.2, 0.25) is 11.8 Å². The fourth-order valence-electron chi connectivity index (χ4n) is 4.84. The molecular weight excluding hydrogens is 544 g/mol. The Morgan fingerprint density at radius 1 is 0.674 bits per heavy atom. The second-order valence-corrected chi connectivity index (χ2v) is 9.94. The normalized spacial score (nSPS) is 11.3. The second-order valence-electron chi connectivity index (χ2n) is 9.94. The molecule has 0 aliphatic heterocycles. The lowest BCUT2D eigenvalue weighted by Gasteiger charge is -2.32. The largest absolute Gasteiger partial charge is 0.497 e. The first kappa shape index (κ1) is 31.0. The van der Waals surface area contributed by atoms with Crippen molar-refractivity contribution in [3.63, 3.8) is 0 Å². The van der Waals surface area contributed by atoms with E-state index in [1.165, 1.54) is 0 Å². The van der Waals surface area contributed by atoms with Gasteiger partial charge in [-0.1, -0.05) is 60.7 Å². The zero-order valence-electron chi connectivity index (χ0n) is 25.0. The van der Waals surface area contributed by atoms with Gasteiger partial charge in [0.1, 0.15) is 17.5 Å². The van der Waals surface area contributed by atoms with E-state index in [0.717, 1.165) is 28.0 Å². The number of rotatable bonds is 14. The molecule has 0 saturated heterocycles. The lowest BCUT2D eigenvalue weighted by atomic mass is 10.0. The number of methoxy groups -OCH3 is 4. The van der Waals surface area contributed by atoms with Crippen LogP contribution in [0.3, 0.4) is 0 Å². The average molecular weight is 583 g/mol. The molecule has 4 aromatic rings. The SMILES string of the molecule is COc1ccc(CCNC(=O)[C@@H](c2ccccc2)N(Cc2ccc(OC)cc2)C(=O)Cc2ccc(OC)c(OC)c2)cc1. The molecule has 1 atom stereocenters. The molecule has 0 unspecified atom stereocenters. The van der Waals surface area contributed by atoms with Crippen LogP contribution in [0.15, 0.2) is 97.1 Å². The minimum Gasteiger partial charge on any atom is -0.497 e. The Bertz CT molecular complexity index is 1470. The van der Waals surface area contributed by atoms with Gasteiger partial charge in [-0.3, -0.25) is 9.59 Å². The first-order valence-electron chi connectivity index (χ1n) is 14.0. The molecule has 0 spiro atoms. The number of nitrogens with zero attached hydrogens (tertiary/aromatic N) is 1. The Hall–Kier alpha value is -4.98. The van der Waals surface area contributed by atoms with Crippen molar-refractivity contribution in [2.75, 3.05) is 35.0 Å². The third-order valence-electron chi connectivity index (χ3n) is 7.18. The molecule has 0 aromatic heterocycles. The first-order chi connectivity index (χ1) is 20.9. The molecule has 0 saturated carbocycles. The standard InChI is InChI=1S/C35H38N2O6/c1-40-29-15-10-25(11-16-29)20-21-36-35(39)34(28-8-6-5-7-9-28)37(24-26-12-17-30(41-2)18-13-26)33(38)23-27-14-19-31(42-3)32(22-27)43-4/h5-19,22,34H,20-21,23-24H2,1-4H3,(H,36,39)/t34-/m1/s1. The van der Waals surface area contributed by atoms with Crippen molar-refractivity contribution in [2.45, 2.75) is 25.4 Å². The highest BCUT2D eigenvalue weighted by atomic mass is 16.5. The monoisotopic (exact) mass is 582 g/mol. The van der Waals surface area contributed by atoms with Crippen LogP contribution in [-0.4, -0.2) is 51.7 Å². The molecular formula is C35H38N2O6. The van der Waals surface area contributed by atoms with Crippen molar-refractivity contribution in [3.8, 4) is 23.0 Å². The van der Waals surface area contributed by atoms with Crippen molar-refractivity contribution in [1.29, 1.82) is 0 Å². The number of benzene rings is 4. The van der Waals surface area contributed by atoms with Crippen LogP contribution in [0.4, 0.5) is 0 Å². The number of carbonyl (C=O) groups excluding carboxylic acids is 2. The molecule has 0 heterocycles. The van der Waals surface area contributed by atoms with Gasteiger partial charge in [-0.25, -0.2) is 0 Å². The zero-order valence-corrected chi connectivity index (χ0v) is 25.0. The van der Waals surface area contributed by atoms with E-state index >= 15 is 0 Å². The van der Waals surface area contributed by atoms with Crippen LogP contribution in [0, 0.1) is 0 Å². The number of nitrogens with one attached hydrogen (secondary N) is 1. The third-order valence-corrected chi connectivity index (χ3v) is 7.18. The van der Waals surface area contributed by atoms with Gasteiger partial charge in [0, 0.05) is 13.1 Å². The summed E-state index contributed by atoms with van der Waals surface area (Å²) >= 11 is 0. The summed E-state index contributed by atoms with van der Waals surface area (Å²) in [6.45, 7) is 0.635. The number of amides is 2. The molecule has 0 aliphatic carbocycles. The van der Waals surface area contributed by atoms with Crippen molar-refractivity contribution >= 4 is 11.8 Å². The van der Waals surface area contributed by atoms with Crippen LogP contribution < -0.4 is 24.3 Å². The molecule has 4 rings (SSSR count). The van der Waals surface area contributed by atoms with Crippen molar-refractivity contribution in [3.05, 3.63) is 119 Å². The Morgan fingerprint density at radius 3 is 1.84 bits per heavy atom. The predicted octanol–water partition coefficient (Wildman–Crippen LogP) is 5.39. The molecule has 0 fully saturated rings. The van der Waals surface area contributed by atoms with Gasteiger partial charge in [0.05, 0.1) is 34.9 Å². The summed E-state index contributed by atoms with van der Waals surface area (Å²) in [5.41, 5.74) is 3.40. The summed E-state index contributed by atoms with van der Waals surface area (Å²) in [6, 6.07) is 29.2. The van der Waals surface area contributed by atoms with Gasteiger partial charge in [-0.05, 0) is 65.1 Å². The third kappa shape index (κ3) is 8.29. The molecule has 1 N–H and O–H groups in total. The van der Waals surface area contributed by atoms with E-state index in [9.17, 15) is 9.59 Å². The van der Waals surface area contributed by atoms with Gasteiger partial charge >= 0.3 is 0 Å². The minimum atomic E-state index is -0.855. The minimum absolute atomic E-state index is 0.0684. The maximum Gasteiger partial charge on any atom is 0.247 e. The summed E-state index contributed by atoms with van der Waals surface area (Å²) in [5, 5.41) is 3.07. The van der Waals surface area contributed by atoms with E-state index < -0.39 is 6.04 Å². The van der Waals surface area contributed by atoms with Gasteiger partial charge < -0.3 is 29.2 Å². The van der Waals surface area contributed by atoms with Crippen molar-refractivity contribution in [1.82, 2.24) is 10.2 Å². The molecule has 224 valence electrons. The Balaban J connectivity index is 1.63. The zero-order chi connectivity index (χ0) is 30.6. The Morgan fingerprint density at radius 2 is 1.26 bits per heavy atom. The lowest BCUT2D eigenvalue weighted by Crippen LogP contribution is -2.44. The summed E-state index contributed by atoms with van der Waals surface area (Å²) in [5.74, 6) is 2.13. The van der Waals surface area contributed by atoms with Crippen LogP contribution in [0.1, 0.15) is 28.3 Å². The highest BCUT2D eigenvalue weighted by Crippen LogP contribution is 2.30. The summed E-state index contributed by atoms with van der Waals surface area (Å²) in [6.07, 6.45) is 0.703. The quantitative estimate of drug-likeness (QED) is 0.215. The molecule has 4 aromatic carbocycles. The van der Waals surface area contributed by atoms with Gasteiger partial charge in [0.15, 0.2) is 11.5 Å². The van der Waals surface area contributed by atoms with Crippen LogP contribution in [0.5, 0.6) is 23.0 Å². The molecule has 43 heavy (non-hydrogen) atoms. The number of carbonyl (C=O) groups is 2. The van der Waals surface area contributed by atoms with Crippen LogP contribution in [0.2, 0.25) is 0 Å². The van der Waals surface area contributed by atoms with Gasteiger partial charge in [0.25, 0.3) is 0 Å². The highest BCUT2D eigenvalue weighted by Gasteiger charge is 2.31. The Labute approximate surface area is 253 Å². The number of hydrogen-bond donors (Lipinski definition) is 1. The fraction of sp³-hybridized carbons (Fsp3) is 0.257. The number of ether oxygens (including phenoxy) is 4. The maximum atomic E-state index is 14.1. The van der Waals surface area contributed by atoms with Crippen molar-refractivity contribution < 1.29 is 28.5 Å². The lowest BCUT2D eigenvalue weighted by molar-refractivity contribution is -0.141. The van der Waals surface area contributed by atoms with E-state index in [1.807, 2.05) is 84.9 Å². The van der Waals surface area contributed by atoms with Gasteiger partial charge in [-0.2, -0.15) is 0 Å². The molecule has 0 radical (unpaired) electrons. The summed E-state index contributed by atoms with van der Waals surface area (Å²) < 4.78 is 21.4. The van der Waals surface area contributed by atoms with Crippen LogP contribution >= 0.6 is 0 Å². The van der Waals surface area contributed by atoms with E-state index in [0.29, 0.717) is 30.2 Å². The molecule has 8 nitrogen and oxygen atoms in total. The van der Waals surface area contributed by atoms with Crippen molar-refractivity contribution in [2.24, 2.45) is 0 Å². The first-order valence-corrected chi connectivity index (χ1v) is 14.0. The highest BCUT2D eigenvalue weighted by molar-refractivity contribution is 5.89. The number of hydrogen-bond acceptors (Lipinski definition) is 6. The molecule has 2 amide bonds. The Kier molecular flexibility index (Phi) is 11.0. The van der Waals surface area contributed by atoms with E-state index in [1.54, 1.807) is 45.5 Å². The van der Waals surface area contributed by atoms with Crippen LogP contribution in [0.25, 0.3) is 0 Å². The van der Waals surface area contributed by atoms with Gasteiger partial charge in [-0.15, -0.1) is 0 Å². The summed E-state index contributed by atoms with van der Waals surface area (Å²) in [4.78, 5) is 29.7.